The van der Waals surface area contributed by atoms with E-state index in [0.29, 0.717) is 4.77 Å². The highest BCUT2D eigenvalue weighted by atomic mass is 32.1. The molecule has 4 nitrogen and oxygen atoms in total. The number of aromatic amines is 1. The quantitative estimate of drug-likeness (QED) is 0.567. The van der Waals surface area contributed by atoms with Gasteiger partial charge in [0.2, 0.25) is 4.77 Å². The van der Waals surface area contributed by atoms with E-state index in [4.69, 9.17) is 12.2 Å². The van der Waals surface area contributed by atoms with Crippen LogP contribution in [-0.2, 0) is 0 Å². The Labute approximate surface area is 61.5 Å². The highest BCUT2D eigenvalue weighted by molar-refractivity contribution is 7.71. The van der Waals surface area contributed by atoms with Crippen molar-refractivity contribution in [3.63, 3.8) is 0 Å². The van der Waals surface area contributed by atoms with Crippen molar-refractivity contribution in [3.8, 4) is 0 Å². The normalized spacial score (nSPS) is 10.4. The lowest BCUT2D eigenvalue weighted by molar-refractivity contribution is 1.04. The predicted molar refractivity (Wildman–Crippen MR) is 38.2 cm³/mol. The summed E-state index contributed by atoms with van der Waals surface area (Å²) in [6, 6.07) is 1.78. The van der Waals surface area contributed by atoms with E-state index in [1.807, 2.05) is 0 Å². The summed E-state index contributed by atoms with van der Waals surface area (Å²) in [5.74, 6) is 0. The lowest BCUT2D eigenvalue weighted by Crippen LogP contribution is -1.83. The Kier molecular flexibility index (Phi) is 1.04. The van der Waals surface area contributed by atoms with Gasteiger partial charge in [0, 0.05) is 12.3 Å². The van der Waals surface area contributed by atoms with Gasteiger partial charge in [-0.2, -0.15) is 5.10 Å². The second-order valence-corrected chi connectivity index (χ2v) is 2.22. The first-order valence-corrected chi connectivity index (χ1v) is 3.15. The molecule has 0 aliphatic heterocycles. The number of rotatable bonds is 0. The van der Waals surface area contributed by atoms with Crippen molar-refractivity contribution in [2.24, 2.45) is 0 Å². The van der Waals surface area contributed by atoms with Gasteiger partial charge in [0.1, 0.15) is 6.33 Å². The minimum atomic E-state index is 0.572. The van der Waals surface area contributed by atoms with Crippen LogP contribution in [0.4, 0.5) is 0 Å². The number of fused-ring (bicyclic) bond motifs is 1. The van der Waals surface area contributed by atoms with E-state index in [2.05, 4.69) is 15.2 Å². The molecule has 10 heavy (non-hydrogen) atoms. The van der Waals surface area contributed by atoms with Gasteiger partial charge < -0.3 is 0 Å². The third-order valence-electron chi connectivity index (χ3n) is 1.22. The first kappa shape index (κ1) is 5.55. The molecule has 0 bridgehead atoms. The summed E-state index contributed by atoms with van der Waals surface area (Å²) >= 11 is 4.89. The fourth-order valence-corrected chi connectivity index (χ4v) is 0.947. The van der Waals surface area contributed by atoms with E-state index in [1.54, 1.807) is 23.0 Å². The first-order valence-electron chi connectivity index (χ1n) is 2.75. The molecule has 0 aromatic carbocycles. The molecule has 0 amide bonds. The molecule has 0 aliphatic carbocycles. The number of H-pyrrole nitrogens is 1. The van der Waals surface area contributed by atoms with Gasteiger partial charge in [-0.1, -0.05) is 0 Å². The topological polar surface area (TPSA) is 46.0 Å². The Morgan fingerprint density at radius 2 is 2.50 bits per heavy atom. The van der Waals surface area contributed by atoms with Gasteiger partial charge in [-0.05, 0) is 12.2 Å². The van der Waals surface area contributed by atoms with Crippen LogP contribution < -0.4 is 0 Å². The maximum absolute atomic E-state index is 4.89. The second kappa shape index (κ2) is 1.88. The minimum Gasteiger partial charge on any atom is -0.258 e. The van der Waals surface area contributed by atoms with Gasteiger partial charge in [0.05, 0.1) is 0 Å². The van der Waals surface area contributed by atoms with Gasteiger partial charge in [0.15, 0.2) is 5.65 Å². The zero-order chi connectivity index (χ0) is 6.97. The Morgan fingerprint density at radius 1 is 1.60 bits per heavy atom. The molecule has 50 valence electrons. The van der Waals surface area contributed by atoms with Crippen molar-refractivity contribution in [2.75, 3.05) is 0 Å². The molecule has 2 rings (SSSR count). The van der Waals surface area contributed by atoms with Crippen LogP contribution in [0.1, 0.15) is 0 Å². The van der Waals surface area contributed by atoms with Crippen LogP contribution in [0.5, 0.6) is 0 Å². The molecule has 0 fully saturated rings. The van der Waals surface area contributed by atoms with Crippen molar-refractivity contribution in [3.05, 3.63) is 23.4 Å². The van der Waals surface area contributed by atoms with E-state index in [1.165, 1.54) is 0 Å². The molecule has 2 aromatic rings. The highest BCUT2D eigenvalue weighted by Crippen LogP contribution is 1.94. The van der Waals surface area contributed by atoms with E-state index in [0.717, 1.165) is 5.65 Å². The summed E-state index contributed by atoms with van der Waals surface area (Å²) in [5.41, 5.74) is 0.792. The van der Waals surface area contributed by atoms with Crippen LogP contribution in [0.15, 0.2) is 18.6 Å². The van der Waals surface area contributed by atoms with E-state index < -0.39 is 0 Å². The molecule has 0 atom stereocenters. The third-order valence-corrected chi connectivity index (χ3v) is 1.51. The van der Waals surface area contributed by atoms with Gasteiger partial charge in [-0.15, -0.1) is 0 Å². The van der Waals surface area contributed by atoms with E-state index >= 15 is 0 Å². The molecule has 0 spiro atoms. The lowest BCUT2D eigenvalue weighted by atomic mass is 10.6. The summed E-state index contributed by atoms with van der Waals surface area (Å²) in [6.07, 6.45) is 3.30. The van der Waals surface area contributed by atoms with Crippen LogP contribution in [-0.4, -0.2) is 19.6 Å². The molecule has 1 N–H and O–H groups in total. The van der Waals surface area contributed by atoms with Crippen molar-refractivity contribution in [1.82, 2.24) is 19.6 Å². The van der Waals surface area contributed by atoms with Gasteiger partial charge in [0.25, 0.3) is 0 Å². The van der Waals surface area contributed by atoms with Crippen LogP contribution in [0.3, 0.4) is 0 Å². The molecule has 0 aliphatic rings. The van der Waals surface area contributed by atoms with E-state index in [9.17, 15) is 0 Å². The van der Waals surface area contributed by atoms with Crippen LogP contribution in [0.2, 0.25) is 0 Å². The molecule has 2 aromatic heterocycles. The van der Waals surface area contributed by atoms with Gasteiger partial charge >= 0.3 is 0 Å². The Bertz CT molecular complexity index is 401. The molecule has 0 radical (unpaired) electrons. The fourth-order valence-electron chi connectivity index (χ4n) is 0.761. The predicted octanol–water partition coefficient (Wildman–Crippen LogP) is 0.787. The van der Waals surface area contributed by atoms with Crippen LogP contribution >= 0.6 is 12.2 Å². The smallest absolute Gasteiger partial charge is 0.200 e. The summed E-state index contributed by atoms with van der Waals surface area (Å²) in [5, 5.41) is 6.58. The number of aromatic nitrogens is 4. The zero-order valence-electron chi connectivity index (χ0n) is 4.98. The average molecular weight is 152 g/mol. The third kappa shape index (κ3) is 0.640. The summed E-state index contributed by atoms with van der Waals surface area (Å²) < 4.78 is 2.28. The number of nitrogens with zero attached hydrogens (tertiary/aromatic N) is 3. The van der Waals surface area contributed by atoms with Gasteiger partial charge in [-0.3, -0.25) is 9.50 Å². The molecule has 0 unspecified atom stereocenters. The summed E-state index contributed by atoms with van der Waals surface area (Å²) in [7, 11) is 0. The van der Waals surface area contributed by atoms with Crippen LogP contribution in [0.25, 0.3) is 5.65 Å². The second-order valence-electron chi connectivity index (χ2n) is 1.84. The van der Waals surface area contributed by atoms with Crippen LogP contribution in [0, 0.1) is 4.77 Å². The highest BCUT2D eigenvalue weighted by Gasteiger charge is 1.91. The molecule has 5 heteroatoms. The Morgan fingerprint density at radius 3 is 3.30 bits per heavy atom. The maximum Gasteiger partial charge on any atom is 0.200 e. The standard InChI is InChI=1S/C5H4N4S/c10-5-8-7-4-1-2-6-3-9(4)5/h1-3H,(H,8,10). The van der Waals surface area contributed by atoms with Crippen molar-refractivity contribution in [2.45, 2.75) is 0 Å². The molecular formula is C5H4N4S. The molecule has 0 saturated heterocycles. The molecule has 0 saturated carbocycles. The Hall–Kier alpha value is -1.23. The maximum atomic E-state index is 4.89. The number of hydrogen-bond acceptors (Lipinski definition) is 3. The molecule has 2 heterocycles. The molecular weight excluding hydrogens is 148 g/mol. The fraction of sp³-hybridized carbons (Fsp3) is 0. The average Bonchev–Trinajstić information content (AvgIpc) is 2.34. The summed E-state index contributed by atoms with van der Waals surface area (Å²) in [6.45, 7) is 0. The van der Waals surface area contributed by atoms with Crippen molar-refractivity contribution >= 4 is 17.9 Å². The Balaban J connectivity index is 3.07. The summed E-state index contributed by atoms with van der Waals surface area (Å²) in [4.78, 5) is 3.88. The largest absolute Gasteiger partial charge is 0.258 e. The zero-order valence-corrected chi connectivity index (χ0v) is 5.80. The first-order chi connectivity index (χ1) is 4.88. The van der Waals surface area contributed by atoms with Crippen molar-refractivity contribution in [1.29, 1.82) is 0 Å². The lowest BCUT2D eigenvalue weighted by Gasteiger charge is -1.84. The van der Waals surface area contributed by atoms with Gasteiger partial charge in [-0.25, -0.2) is 4.98 Å². The van der Waals surface area contributed by atoms with Crippen molar-refractivity contribution < 1.29 is 0 Å². The number of nitrogens with one attached hydrogen (secondary N) is 1. The van der Waals surface area contributed by atoms with E-state index in [-0.39, 0.29) is 0 Å². The minimum absolute atomic E-state index is 0.572. The SMILES string of the molecule is S=c1[nH]nc2ccncn12. The number of hydrogen-bond donors (Lipinski definition) is 1. The monoisotopic (exact) mass is 152 g/mol.